The fraction of sp³-hybridized carbons (Fsp3) is 0.778. The molecule has 0 N–H and O–H groups in total. The van der Waals surface area contributed by atoms with Crippen LogP contribution in [0.1, 0.15) is 72.6 Å². The van der Waals surface area contributed by atoms with E-state index in [-0.39, 0.29) is 24.6 Å². The lowest BCUT2D eigenvalue weighted by Gasteiger charge is -2.21. The van der Waals surface area contributed by atoms with E-state index in [1.165, 1.54) is 18.4 Å². The number of allylic oxidation sites excluding steroid dienone is 2. The van der Waals surface area contributed by atoms with Gasteiger partial charge in [-0.2, -0.15) is 0 Å². The fourth-order valence-corrected chi connectivity index (χ4v) is 2.68. The van der Waals surface area contributed by atoms with Crippen molar-refractivity contribution in [2.24, 2.45) is 5.92 Å². The van der Waals surface area contributed by atoms with Crippen molar-refractivity contribution in [3.05, 3.63) is 11.6 Å². The molecule has 0 aromatic heterocycles. The van der Waals surface area contributed by atoms with Gasteiger partial charge in [0.1, 0.15) is 6.54 Å². The van der Waals surface area contributed by atoms with Crippen molar-refractivity contribution in [2.45, 2.75) is 78.9 Å². The van der Waals surface area contributed by atoms with E-state index in [9.17, 15) is 9.59 Å². The minimum atomic E-state index is -0.369. The van der Waals surface area contributed by atoms with E-state index in [0.29, 0.717) is 12.8 Å². The number of hydrogen-bond acceptors (Lipinski definition) is 3. The number of cyclic esters (lactones) is 1. The SMILES string of the molecule is CCCC(=O)N1CC(=O)OC1CCC=C(C)CCCC(C)C. The number of carbonyl (C=O) groups is 2. The predicted molar refractivity (Wildman–Crippen MR) is 88.2 cm³/mol. The van der Waals surface area contributed by atoms with Gasteiger partial charge in [0.2, 0.25) is 5.91 Å². The maximum Gasteiger partial charge on any atom is 0.327 e. The van der Waals surface area contributed by atoms with Crippen molar-refractivity contribution in [1.82, 2.24) is 4.90 Å². The quantitative estimate of drug-likeness (QED) is 0.477. The minimum absolute atomic E-state index is 0.0241. The normalized spacial score (nSPS) is 19.0. The Bertz CT molecular complexity index is 401. The Hall–Kier alpha value is -1.32. The van der Waals surface area contributed by atoms with E-state index in [1.54, 1.807) is 4.90 Å². The molecule has 1 rings (SSSR count). The van der Waals surface area contributed by atoms with E-state index in [4.69, 9.17) is 4.74 Å². The van der Waals surface area contributed by atoms with E-state index < -0.39 is 0 Å². The first-order valence-corrected chi connectivity index (χ1v) is 8.58. The number of amides is 1. The van der Waals surface area contributed by atoms with Crippen molar-refractivity contribution >= 4 is 11.9 Å². The van der Waals surface area contributed by atoms with Crippen molar-refractivity contribution in [2.75, 3.05) is 6.54 Å². The Labute approximate surface area is 134 Å². The Balaban J connectivity index is 2.38. The van der Waals surface area contributed by atoms with Crippen molar-refractivity contribution < 1.29 is 14.3 Å². The molecule has 1 fully saturated rings. The van der Waals surface area contributed by atoms with E-state index in [1.807, 2.05) is 6.92 Å². The standard InChI is InChI=1S/C18H31NO3/c1-5-8-16(20)19-13-18(21)22-17(19)12-7-11-15(4)10-6-9-14(2)3/h11,14,17H,5-10,12-13H2,1-4H3. The zero-order valence-electron chi connectivity index (χ0n) is 14.6. The summed E-state index contributed by atoms with van der Waals surface area (Å²) in [6, 6.07) is 0. The Morgan fingerprint density at radius 3 is 2.77 bits per heavy atom. The van der Waals surface area contributed by atoms with Crippen LogP contribution in [0.3, 0.4) is 0 Å². The average molecular weight is 309 g/mol. The molecule has 22 heavy (non-hydrogen) atoms. The summed E-state index contributed by atoms with van der Waals surface area (Å²) in [6.07, 6.45) is 8.28. The van der Waals surface area contributed by atoms with Gasteiger partial charge in [-0.25, -0.2) is 0 Å². The molecule has 0 spiro atoms. The molecule has 0 radical (unpaired) electrons. The van der Waals surface area contributed by atoms with Crippen LogP contribution in [0, 0.1) is 5.92 Å². The molecule has 4 heteroatoms. The second-order valence-electron chi connectivity index (χ2n) is 6.63. The van der Waals surface area contributed by atoms with E-state index in [2.05, 4.69) is 26.8 Å². The van der Waals surface area contributed by atoms with E-state index in [0.717, 1.165) is 25.2 Å². The Morgan fingerprint density at radius 1 is 1.41 bits per heavy atom. The highest BCUT2D eigenvalue weighted by atomic mass is 16.6. The van der Waals surface area contributed by atoms with Crippen LogP contribution in [-0.2, 0) is 14.3 Å². The minimum Gasteiger partial charge on any atom is -0.440 e. The second-order valence-corrected chi connectivity index (χ2v) is 6.63. The molecule has 1 amide bonds. The van der Waals surface area contributed by atoms with Crippen LogP contribution >= 0.6 is 0 Å². The first kappa shape index (κ1) is 18.7. The predicted octanol–water partition coefficient (Wildman–Crippen LogP) is 4.05. The second kappa shape index (κ2) is 9.65. The number of esters is 1. The van der Waals surface area contributed by atoms with Gasteiger partial charge in [-0.05, 0) is 38.5 Å². The van der Waals surface area contributed by atoms with Crippen molar-refractivity contribution in [3.63, 3.8) is 0 Å². The van der Waals surface area contributed by atoms with Crippen LogP contribution in [0.2, 0.25) is 0 Å². The van der Waals surface area contributed by atoms with Gasteiger partial charge in [0.15, 0.2) is 6.23 Å². The van der Waals surface area contributed by atoms with Crippen LogP contribution < -0.4 is 0 Å². The number of nitrogens with zero attached hydrogens (tertiary/aromatic N) is 1. The average Bonchev–Trinajstić information content (AvgIpc) is 2.80. The highest BCUT2D eigenvalue weighted by Gasteiger charge is 2.34. The number of rotatable bonds is 9. The summed E-state index contributed by atoms with van der Waals surface area (Å²) in [5.74, 6) is 0.493. The Kier molecular flexibility index (Phi) is 8.21. The van der Waals surface area contributed by atoms with Crippen LogP contribution in [0.5, 0.6) is 0 Å². The third-order valence-corrected chi connectivity index (χ3v) is 3.96. The third-order valence-electron chi connectivity index (χ3n) is 3.96. The van der Waals surface area contributed by atoms with Crippen molar-refractivity contribution in [3.8, 4) is 0 Å². The number of carbonyl (C=O) groups excluding carboxylic acids is 2. The summed E-state index contributed by atoms with van der Waals surface area (Å²) in [7, 11) is 0. The van der Waals surface area contributed by atoms with Gasteiger partial charge in [-0.1, -0.05) is 38.8 Å². The summed E-state index contributed by atoms with van der Waals surface area (Å²) in [4.78, 5) is 25.0. The highest BCUT2D eigenvalue weighted by molar-refractivity contribution is 5.84. The lowest BCUT2D eigenvalue weighted by atomic mass is 10.0. The first-order chi connectivity index (χ1) is 10.4. The molecule has 0 bridgehead atoms. The summed E-state index contributed by atoms with van der Waals surface area (Å²) in [6.45, 7) is 8.72. The maximum atomic E-state index is 12.0. The van der Waals surface area contributed by atoms with Gasteiger partial charge >= 0.3 is 5.97 Å². The molecule has 1 saturated heterocycles. The van der Waals surface area contributed by atoms with Crippen LogP contribution in [-0.4, -0.2) is 29.5 Å². The lowest BCUT2D eigenvalue weighted by molar-refractivity contribution is -0.143. The smallest absolute Gasteiger partial charge is 0.327 e. The zero-order valence-corrected chi connectivity index (χ0v) is 14.6. The molecule has 0 saturated carbocycles. The zero-order chi connectivity index (χ0) is 16.5. The largest absolute Gasteiger partial charge is 0.440 e. The van der Waals surface area contributed by atoms with Crippen LogP contribution in [0.15, 0.2) is 11.6 Å². The fourth-order valence-electron chi connectivity index (χ4n) is 2.68. The van der Waals surface area contributed by atoms with Gasteiger partial charge in [-0.3, -0.25) is 14.5 Å². The number of hydrogen-bond donors (Lipinski definition) is 0. The first-order valence-electron chi connectivity index (χ1n) is 8.58. The molecule has 0 aromatic carbocycles. The number of ether oxygens (including phenoxy) is 1. The molecule has 126 valence electrons. The molecule has 1 heterocycles. The van der Waals surface area contributed by atoms with Crippen LogP contribution in [0.25, 0.3) is 0 Å². The summed E-state index contributed by atoms with van der Waals surface area (Å²) in [5.41, 5.74) is 1.39. The lowest BCUT2D eigenvalue weighted by Crippen LogP contribution is -2.35. The third kappa shape index (κ3) is 6.63. The molecule has 0 aliphatic carbocycles. The molecule has 1 aliphatic rings. The molecule has 1 aliphatic heterocycles. The topological polar surface area (TPSA) is 46.6 Å². The molecular formula is C18H31NO3. The Morgan fingerprint density at radius 2 is 2.14 bits per heavy atom. The van der Waals surface area contributed by atoms with E-state index >= 15 is 0 Å². The van der Waals surface area contributed by atoms with Gasteiger partial charge in [-0.15, -0.1) is 0 Å². The van der Waals surface area contributed by atoms with Gasteiger partial charge in [0, 0.05) is 12.8 Å². The molecule has 1 unspecified atom stereocenters. The van der Waals surface area contributed by atoms with Crippen molar-refractivity contribution in [1.29, 1.82) is 0 Å². The van der Waals surface area contributed by atoms with Gasteiger partial charge < -0.3 is 4.74 Å². The summed E-state index contributed by atoms with van der Waals surface area (Å²) in [5, 5.41) is 0. The molecule has 0 aromatic rings. The maximum absolute atomic E-state index is 12.0. The summed E-state index contributed by atoms with van der Waals surface area (Å²) < 4.78 is 5.27. The monoisotopic (exact) mass is 309 g/mol. The molecule has 4 nitrogen and oxygen atoms in total. The molecular weight excluding hydrogens is 278 g/mol. The van der Waals surface area contributed by atoms with Gasteiger partial charge in [0.25, 0.3) is 0 Å². The van der Waals surface area contributed by atoms with Gasteiger partial charge in [0.05, 0.1) is 0 Å². The highest BCUT2D eigenvalue weighted by Crippen LogP contribution is 2.19. The molecule has 1 atom stereocenters. The van der Waals surface area contributed by atoms with Crippen LogP contribution in [0.4, 0.5) is 0 Å². The summed E-state index contributed by atoms with van der Waals surface area (Å²) >= 11 is 0.